The van der Waals surface area contributed by atoms with E-state index >= 15 is 0 Å². The topological polar surface area (TPSA) is 60.0 Å². The monoisotopic (exact) mass is 249 g/mol. The molecule has 4 nitrogen and oxygen atoms in total. The maximum absolute atomic E-state index is 12.3. The number of carbonyl (C=O) groups is 1. The van der Waals surface area contributed by atoms with Gasteiger partial charge in [-0.05, 0) is 45.6 Å². The number of rotatable bonds is 5. The summed E-state index contributed by atoms with van der Waals surface area (Å²) in [6.07, 6.45) is 2.38. The van der Waals surface area contributed by atoms with Crippen molar-refractivity contribution in [1.82, 2.24) is 9.88 Å². The maximum atomic E-state index is 12.3. The summed E-state index contributed by atoms with van der Waals surface area (Å²) in [5.74, 6) is 0.610. The van der Waals surface area contributed by atoms with E-state index in [9.17, 15) is 4.79 Å². The van der Waals surface area contributed by atoms with Gasteiger partial charge < -0.3 is 15.6 Å². The van der Waals surface area contributed by atoms with Crippen molar-refractivity contribution in [3.63, 3.8) is 0 Å². The minimum atomic E-state index is 0.0187. The van der Waals surface area contributed by atoms with Crippen molar-refractivity contribution in [3.8, 4) is 0 Å². The minimum absolute atomic E-state index is 0.0187. The van der Waals surface area contributed by atoms with Crippen LogP contribution >= 0.6 is 0 Å². The number of aromatic nitrogens is 1. The molecule has 0 aromatic carbocycles. The Morgan fingerprint density at radius 1 is 1.56 bits per heavy atom. The fraction of sp³-hybridized carbons (Fsp3) is 0.643. The third-order valence-electron chi connectivity index (χ3n) is 3.90. The number of nitrogens with two attached hydrogens (primary N) is 1. The van der Waals surface area contributed by atoms with Gasteiger partial charge in [0.1, 0.15) is 0 Å². The van der Waals surface area contributed by atoms with Gasteiger partial charge in [-0.1, -0.05) is 0 Å². The predicted molar refractivity (Wildman–Crippen MR) is 72.6 cm³/mol. The van der Waals surface area contributed by atoms with Crippen LogP contribution in [0, 0.1) is 19.8 Å². The molecule has 1 fully saturated rings. The molecule has 1 aliphatic carbocycles. The average Bonchev–Trinajstić information content (AvgIpc) is 3.13. The zero-order valence-electron chi connectivity index (χ0n) is 11.5. The number of hydrogen-bond donors (Lipinski definition) is 2. The van der Waals surface area contributed by atoms with Gasteiger partial charge in [-0.2, -0.15) is 0 Å². The van der Waals surface area contributed by atoms with Crippen LogP contribution in [-0.4, -0.2) is 23.1 Å². The van der Waals surface area contributed by atoms with Crippen LogP contribution in [0.1, 0.15) is 41.5 Å². The molecule has 1 aromatic heterocycles. The Labute approximate surface area is 109 Å². The first-order valence-electron chi connectivity index (χ1n) is 6.76. The van der Waals surface area contributed by atoms with Gasteiger partial charge in [0.15, 0.2) is 0 Å². The number of nitrogens with one attached hydrogen (secondary N) is 1. The lowest BCUT2D eigenvalue weighted by atomic mass is 10.1. The summed E-state index contributed by atoms with van der Waals surface area (Å²) in [6.45, 7) is 7.56. The van der Waals surface area contributed by atoms with Gasteiger partial charge in [0, 0.05) is 30.5 Å². The van der Waals surface area contributed by atoms with E-state index < -0.39 is 0 Å². The molecular weight excluding hydrogens is 226 g/mol. The number of nitrogens with zero attached hydrogens (tertiary/aromatic N) is 1. The third kappa shape index (κ3) is 2.43. The van der Waals surface area contributed by atoms with E-state index in [1.807, 2.05) is 19.9 Å². The number of carbonyl (C=O) groups excluding carboxylic acids is 1. The lowest BCUT2D eigenvalue weighted by molar-refractivity contribution is 0.0933. The van der Waals surface area contributed by atoms with Crippen LogP contribution in [0.4, 0.5) is 0 Å². The van der Waals surface area contributed by atoms with E-state index in [4.69, 9.17) is 5.73 Å². The molecule has 1 saturated carbocycles. The van der Waals surface area contributed by atoms with Crippen LogP contribution in [0.2, 0.25) is 0 Å². The second kappa shape index (κ2) is 5.14. The number of hydrogen-bond acceptors (Lipinski definition) is 2. The maximum Gasteiger partial charge on any atom is 0.253 e. The van der Waals surface area contributed by atoms with Crippen molar-refractivity contribution in [2.45, 2.75) is 46.2 Å². The van der Waals surface area contributed by atoms with Crippen molar-refractivity contribution >= 4 is 5.91 Å². The summed E-state index contributed by atoms with van der Waals surface area (Å²) in [5, 5.41) is 3.07. The molecule has 0 saturated heterocycles. The van der Waals surface area contributed by atoms with Gasteiger partial charge in [-0.15, -0.1) is 0 Å². The fourth-order valence-corrected chi connectivity index (χ4v) is 2.63. The van der Waals surface area contributed by atoms with E-state index in [2.05, 4.69) is 16.8 Å². The molecule has 1 atom stereocenters. The van der Waals surface area contributed by atoms with Crippen LogP contribution in [0.25, 0.3) is 0 Å². The van der Waals surface area contributed by atoms with Crippen molar-refractivity contribution in [3.05, 3.63) is 23.0 Å². The first-order valence-corrected chi connectivity index (χ1v) is 6.76. The molecule has 1 heterocycles. The van der Waals surface area contributed by atoms with E-state index in [0.29, 0.717) is 12.5 Å². The highest BCUT2D eigenvalue weighted by Crippen LogP contribution is 2.32. The standard InChI is InChI=1S/C14H23N3O/c1-4-17-9(2)7-12(10(17)3)14(18)16-13(8-15)11-5-6-11/h7,11,13H,4-6,8,15H2,1-3H3,(H,16,18). The van der Waals surface area contributed by atoms with Crippen molar-refractivity contribution in [2.24, 2.45) is 11.7 Å². The second-order valence-corrected chi connectivity index (χ2v) is 5.18. The van der Waals surface area contributed by atoms with Gasteiger partial charge in [-0.25, -0.2) is 0 Å². The molecule has 0 bridgehead atoms. The first kappa shape index (κ1) is 13.1. The lowest BCUT2D eigenvalue weighted by Gasteiger charge is -2.16. The molecule has 1 amide bonds. The molecule has 2 rings (SSSR count). The highest BCUT2D eigenvalue weighted by Gasteiger charge is 2.31. The first-order chi connectivity index (χ1) is 8.58. The molecule has 1 unspecified atom stereocenters. The highest BCUT2D eigenvalue weighted by atomic mass is 16.1. The van der Waals surface area contributed by atoms with Crippen molar-refractivity contribution < 1.29 is 4.79 Å². The SMILES string of the molecule is CCn1c(C)cc(C(=O)NC(CN)C2CC2)c1C. The summed E-state index contributed by atoms with van der Waals surface area (Å²) in [5.41, 5.74) is 8.68. The van der Waals surface area contributed by atoms with Crippen LogP contribution < -0.4 is 11.1 Å². The predicted octanol–water partition coefficient (Wildman–Crippen LogP) is 1.59. The van der Waals surface area contributed by atoms with Gasteiger partial charge in [0.2, 0.25) is 0 Å². The van der Waals surface area contributed by atoms with Crippen LogP contribution in [-0.2, 0) is 6.54 Å². The quantitative estimate of drug-likeness (QED) is 0.832. The van der Waals surface area contributed by atoms with Crippen LogP contribution in [0.15, 0.2) is 6.07 Å². The molecule has 4 heteroatoms. The summed E-state index contributed by atoms with van der Waals surface area (Å²) < 4.78 is 2.16. The van der Waals surface area contributed by atoms with E-state index in [0.717, 1.165) is 23.5 Å². The minimum Gasteiger partial charge on any atom is -0.349 e. The zero-order valence-corrected chi connectivity index (χ0v) is 11.5. The summed E-state index contributed by atoms with van der Waals surface area (Å²) in [7, 11) is 0. The van der Waals surface area contributed by atoms with Gasteiger partial charge in [-0.3, -0.25) is 4.79 Å². The summed E-state index contributed by atoms with van der Waals surface area (Å²) in [6, 6.07) is 2.11. The van der Waals surface area contributed by atoms with Gasteiger partial charge >= 0.3 is 0 Å². The Morgan fingerprint density at radius 2 is 2.22 bits per heavy atom. The Bertz CT molecular complexity index is 446. The molecule has 1 aromatic rings. The second-order valence-electron chi connectivity index (χ2n) is 5.18. The molecule has 18 heavy (non-hydrogen) atoms. The summed E-state index contributed by atoms with van der Waals surface area (Å²) in [4.78, 5) is 12.3. The van der Waals surface area contributed by atoms with E-state index in [-0.39, 0.29) is 11.9 Å². The summed E-state index contributed by atoms with van der Waals surface area (Å²) >= 11 is 0. The Hall–Kier alpha value is -1.29. The highest BCUT2D eigenvalue weighted by molar-refractivity contribution is 5.96. The van der Waals surface area contributed by atoms with Gasteiger partial charge in [0.05, 0.1) is 5.56 Å². The van der Waals surface area contributed by atoms with Crippen molar-refractivity contribution in [1.29, 1.82) is 0 Å². The molecule has 1 aliphatic rings. The molecule has 100 valence electrons. The lowest BCUT2D eigenvalue weighted by Crippen LogP contribution is -2.41. The fourth-order valence-electron chi connectivity index (χ4n) is 2.63. The Balaban J connectivity index is 2.13. The average molecular weight is 249 g/mol. The molecule has 3 N–H and O–H groups in total. The zero-order chi connectivity index (χ0) is 13.3. The Kier molecular flexibility index (Phi) is 3.76. The number of amides is 1. The smallest absolute Gasteiger partial charge is 0.253 e. The largest absolute Gasteiger partial charge is 0.349 e. The van der Waals surface area contributed by atoms with Gasteiger partial charge in [0.25, 0.3) is 5.91 Å². The van der Waals surface area contributed by atoms with E-state index in [1.165, 1.54) is 12.8 Å². The molecule has 0 spiro atoms. The third-order valence-corrected chi connectivity index (χ3v) is 3.90. The molecule has 0 radical (unpaired) electrons. The Morgan fingerprint density at radius 3 is 2.67 bits per heavy atom. The van der Waals surface area contributed by atoms with E-state index in [1.54, 1.807) is 0 Å². The normalized spacial score (nSPS) is 16.7. The number of aryl methyl sites for hydroxylation is 1. The van der Waals surface area contributed by atoms with Crippen LogP contribution in [0.5, 0.6) is 0 Å². The molecular formula is C14H23N3O. The van der Waals surface area contributed by atoms with Crippen LogP contribution in [0.3, 0.4) is 0 Å². The molecule has 0 aliphatic heterocycles. The van der Waals surface area contributed by atoms with Crippen molar-refractivity contribution in [2.75, 3.05) is 6.54 Å².